The topological polar surface area (TPSA) is 29.1 Å². The maximum atomic E-state index is 11.9. The van der Waals surface area contributed by atoms with Gasteiger partial charge in [-0.1, -0.05) is 31.2 Å². The van der Waals surface area contributed by atoms with Crippen molar-refractivity contribution in [2.45, 2.75) is 32.2 Å². The van der Waals surface area contributed by atoms with Crippen molar-refractivity contribution in [2.24, 2.45) is 0 Å². The van der Waals surface area contributed by atoms with Crippen molar-refractivity contribution >= 4 is 5.78 Å². The summed E-state index contributed by atoms with van der Waals surface area (Å²) in [6.45, 7) is 3.75. The van der Waals surface area contributed by atoms with E-state index in [2.05, 4.69) is 24.4 Å². The monoisotopic (exact) mass is 203 g/mol. The Morgan fingerprint density at radius 1 is 1.47 bits per heavy atom. The van der Waals surface area contributed by atoms with Gasteiger partial charge in [0.15, 0.2) is 0 Å². The molecule has 0 saturated carbocycles. The van der Waals surface area contributed by atoms with Crippen LogP contribution in [-0.2, 0) is 11.3 Å². The van der Waals surface area contributed by atoms with E-state index >= 15 is 0 Å². The quantitative estimate of drug-likeness (QED) is 0.816. The Kier molecular flexibility index (Phi) is 3.17. The molecule has 0 aromatic heterocycles. The highest BCUT2D eigenvalue weighted by Crippen LogP contribution is 2.25. The lowest BCUT2D eigenvalue weighted by molar-refractivity contribution is -0.120. The van der Waals surface area contributed by atoms with E-state index in [0.29, 0.717) is 12.2 Å². The summed E-state index contributed by atoms with van der Waals surface area (Å²) in [6.07, 6.45) is 1.64. The molecule has 0 aliphatic carbocycles. The van der Waals surface area contributed by atoms with Crippen LogP contribution in [0.1, 0.15) is 36.8 Å². The molecule has 2 nitrogen and oxygen atoms in total. The van der Waals surface area contributed by atoms with Crippen LogP contribution in [0.5, 0.6) is 0 Å². The Morgan fingerprint density at radius 3 is 3.07 bits per heavy atom. The summed E-state index contributed by atoms with van der Waals surface area (Å²) in [4.78, 5) is 11.9. The van der Waals surface area contributed by atoms with Crippen LogP contribution in [0.15, 0.2) is 24.3 Å². The van der Waals surface area contributed by atoms with Gasteiger partial charge in [-0.25, -0.2) is 0 Å². The van der Waals surface area contributed by atoms with Crippen LogP contribution in [0.25, 0.3) is 0 Å². The molecule has 1 aliphatic heterocycles. The molecule has 1 unspecified atom stereocenters. The minimum Gasteiger partial charge on any atom is -0.312 e. The normalized spacial score (nSPS) is 19.7. The molecule has 0 fully saturated rings. The van der Waals surface area contributed by atoms with Gasteiger partial charge in [-0.2, -0.15) is 0 Å². The summed E-state index contributed by atoms with van der Waals surface area (Å²) >= 11 is 0. The highest BCUT2D eigenvalue weighted by molar-refractivity contribution is 5.86. The van der Waals surface area contributed by atoms with Crippen LogP contribution < -0.4 is 5.32 Å². The minimum absolute atomic E-state index is 0.0786. The zero-order valence-electron chi connectivity index (χ0n) is 9.12. The fraction of sp³-hybridized carbons (Fsp3) is 0.462. The first-order valence-corrected chi connectivity index (χ1v) is 5.64. The van der Waals surface area contributed by atoms with Gasteiger partial charge in [-0.3, -0.25) is 4.79 Å². The van der Waals surface area contributed by atoms with E-state index in [4.69, 9.17) is 0 Å². The lowest BCUT2D eigenvalue weighted by Gasteiger charge is -2.25. The molecule has 0 bridgehead atoms. The number of carbonyl (C=O) groups is 1. The van der Waals surface area contributed by atoms with Gasteiger partial charge in [0.25, 0.3) is 0 Å². The molecule has 0 amide bonds. The fourth-order valence-corrected chi connectivity index (χ4v) is 2.20. The number of benzene rings is 1. The van der Waals surface area contributed by atoms with Crippen molar-refractivity contribution in [3.63, 3.8) is 0 Å². The highest BCUT2D eigenvalue weighted by Gasteiger charge is 2.24. The lowest BCUT2D eigenvalue weighted by Crippen LogP contribution is -2.32. The highest BCUT2D eigenvalue weighted by atomic mass is 16.1. The molecule has 0 spiro atoms. The van der Waals surface area contributed by atoms with Gasteiger partial charge in [0.1, 0.15) is 5.78 Å². The van der Waals surface area contributed by atoms with E-state index < -0.39 is 0 Å². The number of Topliss-reactive ketones (excluding diaryl/α,β-unsaturated/α-hetero) is 1. The van der Waals surface area contributed by atoms with Crippen LogP contribution in [0.3, 0.4) is 0 Å². The summed E-state index contributed by atoms with van der Waals surface area (Å²) in [7, 11) is 0. The molecule has 1 aromatic rings. The van der Waals surface area contributed by atoms with Crippen molar-refractivity contribution in [1.29, 1.82) is 0 Å². The molecule has 15 heavy (non-hydrogen) atoms. The number of ketones is 1. The third-order valence-electron chi connectivity index (χ3n) is 2.98. The number of fused-ring (bicyclic) bond motifs is 1. The number of nitrogens with one attached hydrogen (secondary N) is 1. The summed E-state index contributed by atoms with van der Waals surface area (Å²) in [5, 5.41) is 3.31. The van der Waals surface area contributed by atoms with Crippen molar-refractivity contribution in [3.05, 3.63) is 35.4 Å². The number of hydrogen-bond acceptors (Lipinski definition) is 2. The third-order valence-corrected chi connectivity index (χ3v) is 2.98. The standard InChI is InChI=1S/C13H17NO/c1-2-5-13(15)12-9-14-8-10-6-3-4-7-11(10)12/h3-4,6-7,12,14H,2,5,8-9H2,1H3. The second-order valence-corrected chi connectivity index (χ2v) is 4.10. The summed E-state index contributed by atoms with van der Waals surface area (Å²) < 4.78 is 0. The van der Waals surface area contributed by atoms with Gasteiger partial charge < -0.3 is 5.32 Å². The fourth-order valence-electron chi connectivity index (χ4n) is 2.20. The first-order valence-electron chi connectivity index (χ1n) is 5.64. The van der Waals surface area contributed by atoms with E-state index in [9.17, 15) is 4.79 Å². The second-order valence-electron chi connectivity index (χ2n) is 4.10. The average Bonchev–Trinajstić information content (AvgIpc) is 2.28. The second kappa shape index (κ2) is 4.58. The number of carbonyl (C=O) groups excluding carboxylic acids is 1. The van der Waals surface area contributed by atoms with Crippen molar-refractivity contribution in [1.82, 2.24) is 5.32 Å². The summed E-state index contributed by atoms with van der Waals surface area (Å²) in [6, 6.07) is 8.26. The Hall–Kier alpha value is -1.15. The van der Waals surface area contributed by atoms with Gasteiger partial charge >= 0.3 is 0 Å². The Labute approximate surface area is 90.7 Å². The SMILES string of the molecule is CCCC(=O)C1CNCc2ccccc21. The zero-order chi connectivity index (χ0) is 10.7. The Balaban J connectivity index is 2.25. The zero-order valence-corrected chi connectivity index (χ0v) is 9.12. The van der Waals surface area contributed by atoms with Crippen LogP contribution in [0, 0.1) is 0 Å². The Bertz CT molecular complexity index is 359. The van der Waals surface area contributed by atoms with E-state index in [1.54, 1.807) is 0 Å². The van der Waals surface area contributed by atoms with Crippen LogP contribution in [0.2, 0.25) is 0 Å². The molecule has 1 atom stereocenters. The minimum atomic E-state index is 0.0786. The molecule has 80 valence electrons. The molecule has 2 heteroatoms. The maximum Gasteiger partial charge on any atom is 0.141 e. The Morgan fingerprint density at radius 2 is 2.27 bits per heavy atom. The van der Waals surface area contributed by atoms with Gasteiger partial charge in [0.2, 0.25) is 0 Å². The molecular formula is C13H17NO. The van der Waals surface area contributed by atoms with E-state index in [0.717, 1.165) is 19.5 Å². The van der Waals surface area contributed by atoms with Crippen LogP contribution in [-0.4, -0.2) is 12.3 Å². The summed E-state index contributed by atoms with van der Waals surface area (Å²) in [5.41, 5.74) is 2.51. The predicted molar refractivity (Wildman–Crippen MR) is 60.8 cm³/mol. The summed E-state index contributed by atoms with van der Waals surface area (Å²) in [5.74, 6) is 0.451. The molecule has 1 aliphatic rings. The van der Waals surface area contributed by atoms with E-state index in [-0.39, 0.29) is 5.92 Å². The predicted octanol–water partition coefficient (Wildman–Crippen LogP) is 2.24. The molecular weight excluding hydrogens is 186 g/mol. The van der Waals surface area contributed by atoms with Gasteiger partial charge in [-0.15, -0.1) is 0 Å². The first kappa shape index (κ1) is 10.4. The van der Waals surface area contributed by atoms with Gasteiger partial charge in [0, 0.05) is 19.5 Å². The molecule has 0 saturated heterocycles. The van der Waals surface area contributed by atoms with Crippen molar-refractivity contribution in [2.75, 3.05) is 6.54 Å². The maximum absolute atomic E-state index is 11.9. The lowest BCUT2D eigenvalue weighted by atomic mass is 9.86. The molecule has 1 N–H and O–H groups in total. The number of hydrogen-bond donors (Lipinski definition) is 1. The van der Waals surface area contributed by atoms with Gasteiger partial charge in [-0.05, 0) is 17.5 Å². The van der Waals surface area contributed by atoms with Crippen LogP contribution >= 0.6 is 0 Å². The molecule has 1 aromatic carbocycles. The van der Waals surface area contributed by atoms with Crippen LogP contribution in [0.4, 0.5) is 0 Å². The van der Waals surface area contributed by atoms with E-state index in [1.165, 1.54) is 11.1 Å². The smallest absolute Gasteiger partial charge is 0.141 e. The van der Waals surface area contributed by atoms with E-state index in [1.807, 2.05) is 12.1 Å². The first-order chi connectivity index (χ1) is 7.33. The molecule has 1 heterocycles. The average molecular weight is 203 g/mol. The largest absolute Gasteiger partial charge is 0.312 e. The van der Waals surface area contributed by atoms with Crippen molar-refractivity contribution in [3.8, 4) is 0 Å². The van der Waals surface area contributed by atoms with Gasteiger partial charge in [0.05, 0.1) is 5.92 Å². The number of rotatable bonds is 3. The third kappa shape index (κ3) is 2.10. The molecule has 2 rings (SSSR count). The molecule has 0 radical (unpaired) electrons. The van der Waals surface area contributed by atoms with Crippen molar-refractivity contribution < 1.29 is 4.79 Å².